The molecule has 1 unspecified atom stereocenters. The summed E-state index contributed by atoms with van der Waals surface area (Å²) in [6.45, 7) is 3.48. The second-order valence-electron chi connectivity index (χ2n) is 3.95. The van der Waals surface area contributed by atoms with Crippen LogP contribution < -0.4 is 5.32 Å². The monoisotopic (exact) mass is 213 g/mol. The van der Waals surface area contributed by atoms with E-state index in [-0.39, 0.29) is 12.1 Å². The fraction of sp³-hybridized carbons (Fsp3) is 0.636. The molecule has 4 nitrogen and oxygen atoms in total. The van der Waals surface area contributed by atoms with Gasteiger partial charge in [-0.3, -0.25) is 0 Å². The quantitative estimate of drug-likeness (QED) is 0.713. The van der Waals surface area contributed by atoms with Crippen molar-refractivity contribution in [2.24, 2.45) is 0 Å². The molecular weight excluding hydrogens is 194 g/mol. The zero-order chi connectivity index (χ0) is 11.1. The Morgan fingerprint density at radius 1 is 1.60 bits per heavy atom. The fourth-order valence-electron chi connectivity index (χ4n) is 1.49. The van der Waals surface area contributed by atoms with Gasteiger partial charge in [0.1, 0.15) is 0 Å². The molecule has 0 saturated carbocycles. The van der Waals surface area contributed by atoms with E-state index in [0.717, 1.165) is 12.1 Å². The average Bonchev–Trinajstić information content (AvgIpc) is 2.68. The van der Waals surface area contributed by atoms with Gasteiger partial charge in [0.15, 0.2) is 0 Å². The maximum Gasteiger partial charge on any atom is 0.0947 e. The van der Waals surface area contributed by atoms with E-state index in [0.29, 0.717) is 13.0 Å². The van der Waals surface area contributed by atoms with E-state index in [1.54, 1.807) is 19.6 Å². The highest BCUT2D eigenvalue weighted by atomic mass is 16.5. The Kier molecular flexibility index (Phi) is 4.81. The molecule has 1 atom stereocenters. The lowest BCUT2D eigenvalue weighted by molar-refractivity contribution is 0.0969. The molecule has 1 rings (SSSR count). The third-order valence-corrected chi connectivity index (χ3v) is 2.43. The minimum Gasteiger partial charge on any atom is -0.472 e. The van der Waals surface area contributed by atoms with Crippen LogP contribution in [0.25, 0.3) is 0 Å². The second-order valence-corrected chi connectivity index (χ2v) is 3.95. The summed E-state index contributed by atoms with van der Waals surface area (Å²) in [6.07, 6.45) is 4.02. The van der Waals surface area contributed by atoms with Gasteiger partial charge in [-0.05, 0) is 19.4 Å². The van der Waals surface area contributed by atoms with Crippen molar-refractivity contribution in [1.29, 1.82) is 0 Å². The van der Waals surface area contributed by atoms with Crippen LogP contribution in [-0.2, 0) is 11.3 Å². The Morgan fingerprint density at radius 2 is 2.40 bits per heavy atom. The lowest BCUT2D eigenvalue weighted by Gasteiger charge is -2.29. The molecule has 0 spiro atoms. The molecule has 2 N–H and O–H groups in total. The Bertz CT molecular complexity index is 253. The molecule has 0 aromatic carbocycles. The van der Waals surface area contributed by atoms with Gasteiger partial charge in [0.05, 0.1) is 19.1 Å². The summed E-state index contributed by atoms with van der Waals surface area (Å²) in [4.78, 5) is 0. The number of methoxy groups -OCH3 is 1. The summed E-state index contributed by atoms with van der Waals surface area (Å²) in [7, 11) is 1.66. The van der Waals surface area contributed by atoms with Gasteiger partial charge < -0.3 is 19.6 Å². The minimum absolute atomic E-state index is 0.151. The predicted molar refractivity (Wildman–Crippen MR) is 57.5 cm³/mol. The van der Waals surface area contributed by atoms with Crippen LogP contribution in [0.5, 0.6) is 0 Å². The minimum atomic E-state index is -0.194. The van der Waals surface area contributed by atoms with Gasteiger partial charge in [-0.2, -0.15) is 0 Å². The van der Waals surface area contributed by atoms with Crippen molar-refractivity contribution >= 4 is 0 Å². The highest BCUT2D eigenvalue weighted by molar-refractivity contribution is 5.05. The predicted octanol–water partition coefficient (Wildman–Crippen LogP) is 1.16. The molecule has 0 amide bonds. The van der Waals surface area contributed by atoms with Crippen LogP contribution in [-0.4, -0.2) is 31.0 Å². The summed E-state index contributed by atoms with van der Waals surface area (Å²) in [5.41, 5.74) is 0.899. The lowest BCUT2D eigenvalue weighted by atomic mass is 9.99. The van der Waals surface area contributed by atoms with Crippen LogP contribution in [0.2, 0.25) is 0 Å². The summed E-state index contributed by atoms with van der Waals surface area (Å²) < 4.78 is 10.1. The molecule has 0 saturated heterocycles. The van der Waals surface area contributed by atoms with Crippen LogP contribution >= 0.6 is 0 Å². The van der Waals surface area contributed by atoms with Crippen molar-refractivity contribution in [3.63, 3.8) is 0 Å². The summed E-state index contributed by atoms with van der Waals surface area (Å²) >= 11 is 0. The van der Waals surface area contributed by atoms with E-state index in [2.05, 4.69) is 5.32 Å². The zero-order valence-corrected chi connectivity index (χ0v) is 9.32. The van der Waals surface area contributed by atoms with Gasteiger partial charge in [0.2, 0.25) is 0 Å². The smallest absolute Gasteiger partial charge is 0.0947 e. The largest absolute Gasteiger partial charge is 0.472 e. The first-order valence-electron chi connectivity index (χ1n) is 5.06. The Labute approximate surface area is 90.2 Å². The molecule has 1 aromatic rings. The number of furan rings is 1. The summed E-state index contributed by atoms with van der Waals surface area (Å²) in [5, 5.41) is 12.3. The molecule has 0 fully saturated rings. The van der Waals surface area contributed by atoms with Crippen LogP contribution in [0.1, 0.15) is 18.9 Å². The lowest BCUT2D eigenvalue weighted by Crippen LogP contribution is -2.46. The number of nitrogens with one attached hydrogen (secondary N) is 1. The fourth-order valence-corrected chi connectivity index (χ4v) is 1.49. The van der Waals surface area contributed by atoms with Crippen molar-refractivity contribution in [2.75, 3.05) is 20.3 Å². The molecule has 1 heterocycles. The highest BCUT2D eigenvalue weighted by Gasteiger charge is 2.22. The molecule has 15 heavy (non-hydrogen) atoms. The third kappa shape index (κ3) is 4.03. The van der Waals surface area contributed by atoms with Gasteiger partial charge >= 0.3 is 0 Å². The van der Waals surface area contributed by atoms with Crippen molar-refractivity contribution in [3.05, 3.63) is 24.2 Å². The summed E-state index contributed by atoms with van der Waals surface area (Å²) in [5.74, 6) is 0. The number of aliphatic hydroxyl groups is 1. The number of hydrogen-bond acceptors (Lipinski definition) is 4. The van der Waals surface area contributed by atoms with E-state index < -0.39 is 0 Å². The van der Waals surface area contributed by atoms with E-state index in [4.69, 9.17) is 14.3 Å². The van der Waals surface area contributed by atoms with Crippen molar-refractivity contribution in [1.82, 2.24) is 5.32 Å². The number of rotatable bonds is 7. The van der Waals surface area contributed by atoms with Crippen molar-refractivity contribution in [2.45, 2.75) is 25.4 Å². The molecule has 0 aliphatic rings. The molecule has 0 bridgehead atoms. The molecule has 4 heteroatoms. The topological polar surface area (TPSA) is 54.6 Å². The Morgan fingerprint density at radius 3 is 2.93 bits per heavy atom. The molecule has 1 aromatic heterocycles. The van der Waals surface area contributed by atoms with Crippen molar-refractivity contribution < 1.29 is 14.3 Å². The van der Waals surface area contributed by atoms with Crippen LogP contribution in [0.3, 0.4) is 0 Å². The van der Waals surface area contributed by atoms with Gasteiger partial charge in [-0.1, -0.05) is 0 Å². The Hall–Kier alpha value is -0.840. The number of aliphatic hydroxyl groups excluding tert-OH is 1. The van der Waals surface area contributed by atoms with Crippen molar-refractivity contribution in [3.8, 4) is 0 Å². The van der Waals surface area contributed by atoms with E-state index in [1.165, 1.54) is 0 Å². The van der Waals surface area contributed by atoms with Gasteiger partial charge in [-0.25, -0.2) is 0 Å². The zero-order valence-electron chi connectivity index (χ0n) is 9.32. The maximum atomic E-state index is 8.97. The molecule has 86 valence electrons. The highest BCUT2D eigenvalue weighted by Crippen LogP contribution is 2.11. The molecule has 0 aliphatic carbocycles. The number of ether oxygens (including phenoxy) is 1. The van der Waals surface area contributed by atoms with Crippen LogP contribution in [0, 0.1) is 0 Å². The van der Waals surface area contributed by atoms with Crippen LogP contribution in [0.4, 0.5) is 0 Å². The van der Waals surface area contributed by atoms with E-state index >= 15 is 0 Å². The maximum absolute atomic E-state index is 8.97. The first-order valence-corrected chi connectivity index (χ1v) is 5.06. The standard InChI is InChI=1S/C11H19NO3/c1-11(4-5-13,9-14-2)12-7-10-3-6-15-8-10/h3,6,8,12-13H,4-5,7,9H2,1-2H3. The molecule has 0 aliphatic heterocycles. The molecular formula is C11H19NO3. The van der Waals surface area contributed by atoms with Gasteiger partial charge in [0.25, 0.3) is 0 Å². The normalized spacial score (nSPS) is 15.1. The average molecular weight is 213 g/mol. The van der Waals surface area contributed by atoms with Gasteiger partial charge in [0, 0.05) is 31.4 Å². The van der Waals surface area contributed by atoms with E-state index in [1.807, 2.05) is 13.0 Å². The second kappa shape index (κ2) is 5.90. The van der Waals surface area contributed by atoms with Crippen LogP contribution in [0.15, 0.2) is 23.0 Å². The molecule has 0 radical (unpaired) electrons. The first kappa shape index (κ1) is 12.2. The number of hydrogen-bond donors (Lipinski definition) is 2. The summed E-state index contributed by atoms with van der Waals surface area (Å²) in [6, 6.07) is 1.92. The van der Waals surface area contributed by atoms with Gasteiger partial charge in [-0.15, -0.1) is 0 Å². The third-order valence-electron chi connectivity index (χ3n) is 2.43. The first-order chi connectivity index (χ1) is 7.20. The van der Waals surface area contributed by atoms with E-state index in [9.17, 15) is 0 Å². The SMILES string of the molecule is COCC(C)(CCO)NCc1ccoc1. The Balaban J connectivity index is 2.43.